The van der Waals surface area contributed by atoms with Crippen molar-refractivity contribution in [3.63, 3.8) is 0 Å². The van der Waals surface area contributed by atoms with Crippen molar-refractivity contribution in [1.29, 1.82) is 0 Å². The molecule has 1 aromatic heterocycles. The maximum Gasteiger partial charge on any atom is 0.222 e. The van der Waals surface area contributed by atoms with E-state index in [9.17, 15) is 4.79 Å². The normalized spacial score (nSPS) is 20.8. The van der Waals surface area contributed by atoms with Crippen LogP contribution in [0.3, 0.4) is 0 Å². The highest BCUT2D eigenvalue weighted by atomic mass is 16.5. The van der Waals surface area contributed by atoms with Gasteiger partial charge in [-0.25, -0.2) is 0 Å². The average molecular weight is 342 g/mol. The SMILES string of the molecule is COc1ccc(CN[C@@H]2CCC(=O)N(C)[C@H]2c2ccnn2C)c(C)c1. The minimum atomic E-state index is -0.00713. The minimum absolute atomic E-state index is 0.00713. The number of carbonyl (C=O) groups is 1. The zero-order valence-electron chi connectivity index (χ0n) is 15.3. The third-order valence-corrected chi connectivity index (χ3v) is 5.13. The summed E-state index contributed by atoms with van der Waals surface area (Å²) >= 11 is 0. The number of likely N-dealkylation sites (tertiary alicyclic amines) is 1. The fraction of sp³-hybridized carbons (Fsp3) is 0.474. The van der Waals surface area contributed by atoms with Gasteiger partial charge >= 0.3 is 0 Å². The summed E-state index contributed by atoms with van der Waals surface area (Å²) in [5, 5.41) is 7.93. The first-order chi connectivity index (χ1) is 12.0. The smallest absolute Gasteiger partial charge is 0.222 e. The maximum absolute atomic E-state index is 12.2. The molecule has 0 radical (unpaired) electrons. The van der Waals surface area contributed by atoms with Gasteiger partial charge in [0, 0.05) is 39.3 Å². The van der Waals surface area contributed by atoms with E-state index in [1.54, 1.807) is 13.3 Å². The van der Waals surface area contributed by atoms with E-state index in [-0.39, 0.29) is 18.0 Å². The molecule has 6 heteroatoms. The Morgan fingerprint density at radius 2 is 2.12 bits per heavy atom. The predicted octanol–water partition coefficient (Wildman–Crippen LogP) is 2.19. The number of methoxy groups -OCH3 is 1. The summed E-state index contributed by atoms with van der Waals surface area (Å²) in [4.78, 5) is 14.1. The number of nitrogens with one attached hydrogen (secondary N) is 1. The number of hydrogen-bond acceptors (Lipinski definition) is 4. The van der Waals surface area contributed by atoms with E-state index >= 15 is 0 Å². The molecule has 134 valence electrons. The van der Waals surface area contributed by atoms with Crippen molar-refractivity contribution >= 4 is 5.91 Å². The van der Waals surface area contributed by atoms with Gasteiger partial charge in [-0.2, -0.15) is 5.10 Å². The summed E-state index contributed by atoms with van der Waals surface area (Å²) in [5.41, 5.74) is 3.49. The summed E-state index contributed by atoms with van der Waals surface area (Å²) in [6.45, 7) is 2.85. The molecule has 1 aliphatic heterocycles. The predicted molar refractivity (Wildman–Crippen MR) is 96.3 cm³/mol. The monoisotopic (exact) mass is 342 g/mol. The molecular weight excluding hydrogens is 316 g/mol. The van der Waals surface area contributed by atoms with E-state index in [4.69, 9.17) is 4.74 Å². The number of likely N-dealkylation sites (N-methyl/N-ethyl adjacent to an activating group) is 1. The van der Waals surface area contributed by atoms with Crippen molar-refractivity contribution in [1.82, 2.24) is 20.0 Å². The van der Waals surface area contributed by atoms with Crippen molar-refractivity contribution in [3.8, 4) is 5.75 Å². The lowest BCUT2D eigenvalue weighted by atomic mass is 9.93. The van der Waals surface area contributed by atoms with Crippen LogP contribution in [0.4, 0.5) is 0 Å². The fourth-order valence-electron chi connectivity index (χ4n) is 3.57. The molecule has 0 aliphatic carbocycles. The van der Waals surface area contributed by atoms with Crippen LogP contribution in [0.25, 0.3) is 0 Å². The molecule has 3 rings (SSSR count). The topological polar surface area (TPSA) is 59.4 Å². The largest absolute Gasteiger partial charge is 0.497 e. The lowest BCUT2D eigenvalue weighted by Gasteiger charge is -2.39. The molecule has 0 bridgehead atoms. The summed E-state index contributed by atoms with van der Waals surface area (Å²) < 4.78 is 7.13. The first-order valence-corrected chi connectivity index (χ1v) is 8.61. The highest BCUT2D eigenvalue weighted by Gasteiger charge is 2.35. The minimum Gasteiger partial charge on any atom is -0.497 e. The Labute approximate surface area is 148 Å². The van der Waals surface area contributed by atoms with E-state index in [0.717, 1.165) is 24.4 Å². The van der Waals surface area contributed by atoms with Crippen LogP contribution in [0.15, 0.2) is 30.5 Å². The van der Waals surface area contributed by atoms with Crippen LogP contribution >= 0.6 is 0 Å². The van der Waals surface area contributed by atoms with Gasteiger partial charge in [-0.1, -0.05) is 6.07 Å². The zero-order chi connectivity index (χ0) is 18.0. The van der Waals surface area contributed by atoms with Crippen LogP contribution in [0, 0.1) is 6.92 Å². The average Bonchev–Trinajstić information content (AvgIpc) is 3.02. The standard InChI is InChI=1S/C19H26N4O2/c1-13-11-15(25-4)6-5-14(13)12-20-16-7-8-18(24)22(2)19(16)17-9-10-21-23(17)3/h5-6,9-11,16,19-20H,7-8,12H2,1-4H3/t16-,19-/m1/s1. The Morgan fingerprint density at radius 3 is 2.76 bits per heavy atom. The van der Waals surface area contributed by atoms with Gasteiger partial charge in [-0.15, -0.1) is 0 Å². The van der Waals surface area contributed by atoms with Gasteiger partial charge in [0.25, 0.3) is 0 Å². The number of nitrogens with zero attached hydrogens (tertiary/aromatic N) is 3. The lowest BCUT2D eigenvalue weighted by molar-refractivity contribution is -0.136. The van der Waals surface area contributed by atoms with E-state index in [2.05, 4.69) is 23.4 Å². The van der Waals surface area contributed by atoms with Crippen molar-refractivity contribution < 1.29 is 9.53 Å². The lowest BCUT2D eigenvalue weighted by Crippen LogP contribution is -2.49. The molecule has 6 nitrogen and oxygen atoms in total. The van der Waals surface area contributed by atoms with Crippen LogP contribution in [0.5, 0.6) is 5.75 Å². The molecule has 2 aromatic rings. The van der Waals surface area contributed by atoms with Crippen molar-refractivity contribution in [2.24, 2.45) is 7.05 Å². The Morgan fingerprint density at radius 1 is 1.32 bits per heavy atom. The summed E-state index contributed by atoms with van der Waals surface area (Å²) in [6, 6.07) is 8.31. The molecule has 0 unspecified atom stereocenters. The Bertz CT molecular complexity index is 756. The maximum atomic E-state index is 12.2. The van der Waals surface area contributed by atoms with Crippen molar-refractivity contribution in [2.75, 3.05) is 14.2 Å². The molecule has 1 aromatic carbocycles. The van der Waals surface area contributed by atoms with Gasteiger partial charge < -0.3 is 15.0 Å². The molecular formula is C19H26N4O2. The molecule has 1 fully saturated rings. The third kappa shape index (κ3) is 3.54. The molecule has 25 heavy (non-hydrogen) atoms. The highest BCUT2D eigenvalue weighted by molar-refractivity contribution is 5.77. The quantitative estimate of drug-likeness (QED) is 0.905. The van der Waals surface area contributed by atoms with Crippen molar-refractivity contribution in [2.45, 2.75) is 38.4 Å². The van der Waals surface area contributed by atoms with Gasteiger partial charge in [0.05, 0.1) is 18.8 Å². The number of amides is 1. The summed E-state index contributed by atoms with van der Waals surface area (Å²) in [7, 11) is 5.49. The Kier molecular flexibility index (Phi) is 5.08. The van der Waals surface area contributed by atoms with Gasteiger partial charge in [0.1, 0.15) is 5.75 Å². The van der Waals surface area contributed by atoms with Crippen molar-refractivity contribution in [3.05, 3.63) is 47.3 Å². The van der Waals surface area contributed by atoms with Gasteiger partial charge in [0.15, 0.2) is 0 Å². The molecule has 1 aliphatic rings. The molecule has 0 spiro atoms. The summed E-state index contributed by atoms with van der Waals surface area (Å²) in [5.74, 6) is 1.06. The molecule has 1 N–H and O–H groups in total. The molecule has 2 heterocycles. The Hall–Kier alpha value is -2.34. The fourth-order valence-corrected chi connectivity index (χ4v) is 3.57. The number of ether oxygens (including phenoxy) is 1. The second-order valence-corrected chi connectivity index (χ2v) is 6.65. The second-order valence-electron chi connectivity index (χ2n) is 6.65. The number of rotatable bonds is 5. The van der Waals surface area contributed by atoms with E-state index in [0.29, 0.717) is 6.42 Å². The number of hydrogen-bond donors (Lipinski definition) is 1. The van der Waals surface area contributed by atoms with E-state index in [1.165, 1.54) is 11.1 Å². The van der Waals surface area contributed by atoms with Gasteiger partial charge in [-0.3, -0.25) is 9.48 Å². The second kappa shape index (κ2) is 7.27. The molecule has 0 saturated carbocycles. The number of piperidine rings is 1. The number of benzene rings is 1. The van der Waals surface area contributed by atoms with Gasteiger partial charge in [0.2, 0.25) is 5.91 Å². The Balaban J connectivity index is 1.78. The first kappa shape index (κ1) is 17.5. The van der Waals surface area contributed by atoms with E-state index < -0.39 is 0 Å². The van der Waals surface area contributed by atoms with Gasteiger partial charge in [-0.05, 0) is 42.7 Å². The van der Waals surface area contributed by atoms with E-state index in [1.807, 2.05) is 41.9 Å². The van der Waals surface area contributed by atoms with Crippen LogP contribution in [-0.4, -0.2) is 40.8 Å². The molecule has 1 amide bonds. The number of aryl methyl sites for hydroxylation is 2. The highest BCUT2D eigenvalue weighted by Crippen LogP contribution is 2.31. The zero-order valence-corrected chi connectivity index (χ0v) is 15.3. The number of carbonyl (C=O) groups excluding carboxylic acids is 1. The van der Waals surface area contributed by atoms with Crippen LogP contribution < -0.4 is 10.1 Å². The van der Waals surface area contributed by atoms with Crippen LogP contribution in [0.2, 0.25) is 0 Å². The molecule has 2 atom stereocenters. The first-order valence-electron chi connectivity index (χ1n) is 8.61. The third-order valence-electron chi connectivity index (χ3n) is 5.13. The molecule has 1 saturated heterocycles. The summed E-state index contributed by atoms with van der Waals surface area (Å²) in [6.07, 6.45) is 3.19. The van der Waals surface area contributed by atoms with Crippen LogP contribution in [-0.2, 0) is 18.4 Å². The van der Waals surface area contributed by atoms with Crippen LogP contribution in [0.1, 0.15) is 35.7 Å². The number of aromatic nitrogens is 2.